The van der Waals surface area contributed by atoms with E-state index in [4.69, 9.17) is 4.52 Å². The maximum absolute atomic E-state index is 13.6. The van der Waals surface area contributed by atoms with Gasteiger partial charge in [0.2, 0.25) is 17.7 Å². The summed E-state index contributed by atoms with van der Waals surface area (Å²) in [7, 11) is 0. The Hall–Kier alpha value is -4.56. The van der Waals surface area contributed by atoms with Crippen LogP contribution in [0.25, 0.3) is 0 Å². The van der Waals surface area contributed by atoms with Crippen LogP contribution in [0.4, 0.5) is 0 Å². The van der Waals surface area contributed by atoms with Gasteiger partial charge in [0.1, 0.15) is 18.1 Å². The van der Waals surface area contributed by atoms with Crippen LogP contribution < -0.4 is 21.3 Å². The average Bonchev–Trinajstić information content (AvgIpc) is 3.62. The van der Waals surface area contributed by atoms with Gasteiger partial charge in [0, 0.05) is 43.9 Å². The highest BCUT2D eigenvalue weighted by Crippen LogP contribution is 2.15. The number of aliphatic hydroxyl groups excluding tert-OH is 1. The number of aryl methyl sites for hydroxylation is 1. The molecule has 0 spiro atoms. The van der Waals surface area contributed by atoms with Gasteiger partial charge >= 0.3 is 0 Å². The summed E-state index contributed by atoms with van der Waals surface area (Å²) in [6.07, 6.45) is 2.44. The van der Waals surface area contributed by atoms with Crippen molar-refractivity contribution >= 4 is 23.6 Å². The van der Waals surface area contributed by atoms with Crippen LogP contribution in [0.5, 0.6) is 0 Å². The molecule has 14 nitrogen and oxygen atoms in total. The molecule has 46 heavy (non-hydrogen) atoms. The maximum atomic E-state index is 13.6. The van der Waals surface area contributed by atoms with Crippen molar-refractivity contribution in [3.8, 4) is 0 Å². The van der Waals surface area contributed by atoms with E-state index >= 15 is 0 Å². The normalized spacial score (nSPS) is 20.8. The summed E-state index contributed by atoms with van der Waals surface area (Å²) in [6, 6.07) is 8.08. The minimum Gasteiger partial charge on any atom is -0.394 e. The van der Waals surface area contributed by atoms with E-state index in [9.17, 15) is 24.3 Å². The fraction of sp³-hybridized carbons (Fsp3) is 0.500. The number of hydrogen-bond acceptors (Lipinski definition) is 9. The fourth-order valence-corrected chi connectivity index (χ4v) is 5.23. The summed E-state index contributed by atoms with van der Waals surface area (Å²) >= 11 is 0. The predicted octanol–water partition coefficient (Wildman–Crippen LogP) is 0.681. The number of amides is 4. The van der Waals surface area contributed by atoms with Gasteiger partial charge in [-0.15, -0.1) is 0 Å². The molecule has 4 rings (SSSR count). The molecule has 248 valence electrons. The van der Waals surface area contributed by atoms with Gasteiger partial charge in [-0.05, 0) is 31.7 Å². The number of nitrogens with one attached hydrogen (secondary N) is 4. The van der Waals surface area contributed by atoms with Gasteiger partial charge in [-0.25, -0.2) is 0 Å². The van der Waals surface area contributed by atoms with E-state index in [0.29, 0.717) is 31.8 Å². The molecular formula is C32H44N8O6. The highest BCUT2D eigenvalue weighted by Gasteiger charge is 2.30. The highest BCUT2D eigenvalue weighted by molar-refractivity contribution is 5.97. The molecule has 4 amide bonds. The molecule has 14 heteroatoms. The first-order valence-electron chi connectivity index (χ1n) is 15.6. The molecule has 0 unspecified atom stereocenters. The number of aromatic nitrogens is 3. The van der Waals surface area contributed by atoms with Crippen LogP contribution in [0.2, 0.25) is 0 Å². The molecule has 2 aromatic heterocycles. The first-order chi connectivity index (χ1) is 22.0. The van der Waals surface area contributed by atoms with Crippen LogP contribution in [0.3, 0.4) is 0 Å². The molecule has 3 heterocycles. The van der Waals surface area contributed by atoms with E-state index in [1.54, 1.807) is 4.68 Å². The third-order valence-corrected chi connectivity index (χ3v) is 7.67. The van der Waals surface area contributed by atoms with Gasteiger partial charge in [-0.3, -0.25) is 28.8 Å². The number of aliphatic hydroxyl groups is 1. The number of benzene rings is 1. The zero-order valence-electron chi connectivity index (χ0n) is 26.8. The third kappa shape index (κ3) is 9.72. The first-order valence-corrected chi connectivity index (χ1v) is 15.6. The van der Waals surface area contributed by atoms with Crippen LogP contribution in [0.15, 0.2) is 47.1 Å². The predicted molar refractivity (Wildman–Crippen MR) is 168 cm³/mol. The lowest BCUT2D eigenvalue weighted by Gasteiger charge is -2.26. The lowest BCUT2D eigenvalue weighted by atomic mass is 10.0. The second-order valence-corrected chi connectivity index (χ2v) is 12.0. The van der Waals surface area contributed by atoms with Gasteiger partial charge < -0.3 is 30.9 Å². The van der Waals surface area contributed by atoms with Crippen LogP contribution in [0.1, 0.15) is 60.3 Å². The van der Waals surface area contributed by atoms with Gasteiger partial charge in [-0.1, -0.05) is 49.3 Å². The number of carbonyl (C=O) groups is 4. The molecule has 0 fully saturated rings. The Morgan fingerprint density at radius 2 is 1.76 bits per heavy atom. The van der Waals surface area contributed by atoms with E-state index < -0.39 is 35.8 Å². The molecule has 3 aromatic rings. The van der Waals surface area contributed by atoms with Crippen molar-refractivity contribution in [2.24, 2.45) is 5.92 Å². The molecule has 0 saturated carbocycles. The number of hydrogen-bond donors (Lipinski definition) is 5. The van der Waals surface area contributed by atoms with Crippen molar-refractivity contribution in [1.29, 1.82) is 0 Å². The fourth-order valence-electron chi connectivity index (χ4n) is 5.23. The SMILES string of the molecule is Cc1nn(CCO)cc1CN1CCNC(=O)[C@@H](Cc2ccccc2)NC(=O)[C@@H](CC(C)C)NC(=O)[C@@H](C)NC(=O)c2cc(on2)C1. The summed E-state index contributed by atoms with van der Waals surface area (Å²) in [4.78, 5) is 55.3. The van der Waals surface area contributed by atoms with Crippen molar-refractivity contribution in [1.82, 2.24) is 41.1 Å². The number of carbonyl (C=O) groups excluding carboxylic acids is 4. The minimum absolute atomic E-state index is 0.0104. The van der Waals surface area contributed by atoms with Gasteiger partial charge in [-0.2, -0.15) is 5.10 Å². The molecule has 0 radical (unpaired) electrons. The summed E-state index contributed by atoms with van der Waals surface area (Å²) in [5.74, 6) is -1.52. The first kappa shape index (κ1) is 34.3. The van der Waals surface area contributed by atoms with E-state index in [1.165, 1.54) is 13.0 Å². The van der Waals surface area contributed by atoms with E-state index in [2.05, 4.69) is 31.5 Å². The van der Waals surface area contributed by atoms with Crippen LogP contribution in [-0.4, -0.2) is 86.4 Å². The third-order valence-electron chi connectivity index (χ3n) is 7.67. The second kappa shape index (κ2) is 16.1. The Balaban J connectivity index is 1.62. The second-order valence-electron chi connectivity index (χ2n) is 12.0. The lowest BCUT2D eigenvalue weighted by molar-refractivity contribution is -0.132. The summed E-state index contributed by atoms with van der Waals surface area (Å²) in [5.41, 5.74) is 2.59. The molecule has 5 N–H and O–H groups in total. The smallest absolute Gasteiger partial charge is 0.274 e. The van der Waals surface area contributed by atoms with Gasteiger partial charge in [0.15, 0.2) is 11.5 Å². The molecule has 2 bridgehead atoms. The monoisotopic (exact) mass is 636 g/mol. The minimum atomic E-state index is -0.979. The topological polar surface area (TPSA) is 184 Å². The molecule has 0 aliphatic carbocycles. The van der Waals surface area contributed by atoms with Crippen molar-refractivity contribution in [2.75, 3.05) is 19.7 Å². The summed E-state index contributed by atoms with van der Waals surface area (Å²) in [5, 5.41) is 28.9. The largest absolute Gasteiger partial charge is 0.394 e. The lowest BCUT2D eigenvalue weighted by Crippen LogP contribution is -2.57. The standard InChI is InChI=1S/C32H44N8O6/c1-20(2)14-26-31(44)36-27(15-23-8-6-5-7-9-23)30(43)33-10-11-39(17-24-18-40(12-13-41)37-21(24)3)19-25-16-28(38-46-25)32(45)34-22(4)29(42)35-26/h5-9,16,18,20,22,26-27,41H,10-15,17,19H2,1-4H3,(H,33,43)(H,34,45)(H,35,42)(H,36,44)/t22-,26-,27-/m1/s1. The van der Waals surface area contributed by atoms with Crippen LogP contribution >= 0.6 is 0 Å². The number of nitrogens with zero attached hydrogens (tertiary/aromatic N) is 4. The van der Waals surface area contributed by atoms with Crippen molar-refractivity contribution < 1.29 is 28.8 Å². The Bertz CT molecular complexity index is 1490. The zero-order valence-corrected chi connectivity index (χ0v) is 26.8. The quantitative estimate of drug-likeness (QED) is 0.237. The Kier molecular flexibility index (Phi) is 12.0. The summed E-state index contributed by atoms with van der Waals surface area (Å²) in [6.45, 7) is 8.91. The van der Waals surface area contributed by atoms with Crippen molar-refractivity contribution in [3.63, 3.8) is 0 Å². The molecule has 1 aromatic carbocycles. The molecule has 0 saturated heterocycles. The summed E-state index contributed by atoms with van der Waals surface area (Å²) < 4.78 is 7.16. The Morgan fingerprint density at radius 3 is 2.48 bits per heavy atom. The van der Waals surface area contributed by atoms with Crippen molar-refractivity contribution in [3.05, 3.63) is 70.9 Å². The highest BCUT2D eigenvalue weighted by atomic mass is 16.5. The molecule has 3 atom stereocenters. The molecular weight excluding hydrogens is 592 g/mol. The maximum Gasteiger partial charge on any atom is 0.274 e. The average molecular weight is 637 g/mol. The van der Waals surface area contributed by atoms with Gasteiger partial charge in [0.05, 0.1) is 25.4 Å². The van der Waals surface area contributed by atoms with Crippen LogP contribution in [0, 0.1) is 12.8 Å². The van der Waals surface area contributed by atoms with E-state index in [-0.39, 0.29) is 43.6 Å². The van der Waals surface area contributed by atoms with E-state index in [1.807, 2.05) is 62.2 Å². The number of rotatable bonds is 8. The van der Waals surface area contributed by atoms with E-state index in [0.717, 1.165) is 16.8 Å². The van der Waals surface area contributed by atoms with Crippen molar-refractivity contribution in [2.45, 2.75) is 78.3 Å². The zero-order chi connectivity index (χ0) is 33.2. The van der Waals surface area contributed by atoms with Crippen LogP contribution in [-0.2, 0) is 40.4 Å². The molecule has 1 aliphatic rings. The Morgan fingerprint density at radius 1 is 1.02 bits per heavy atom. The molecule has 1 aliphatic heterocycles. The van der Waals surface area contributed by atoms with Gasteiger partial charge in [0.25, 0.3) is 5.91 Å². The Labute approximate surface area is 268 Å². The number of fused-ring (bicyclic) bond motifs is 2.